The molecular weight excluding hydrogens is 324 g/mol. The van der Waals surface area contributed by atoms with Gasteiger partial charge in [0.05, 0.1) is 12.5 Å². The smallest absolute Gasteiger partial charge is 0.308 e. The van der Waals surface area contributed by atoms with Gasteiger partial charge in [0.2, 0.25) is 5.91 Å². The second-order valence-electron chi connectivity index (χ2n) is 6.75. The summed E-state index contributed by atoms with van der Waals surface area (Å²) >= 11 is 0. The van der Waals surface area contributed by atoms with Crippen LogP contribution in [-0.4, -0.2) is 69.3 Å². The fourth-order valence-electron chi connectivity index (χ4n) is 3.01. The first kappa shape index (κ1) is 17.3. The number of aliphatic carboxylic acids is 1. The standard InChI is InChI=1S/C17H22N4O4/c1-20(10-14(22)21-8-2-3-12(9-21)17(24)25)16(23)13-6-7-18-15(19-13)11-4-5-11/h6-7,11-12H,2-5,8-10H2,1H3,(H,24,25). The zero-order valence-electron chi connectivity index (χ0n) is 14.2. The molecule has 1 saturated heterocycles. The van der Waals surface area contributed by atoms with E-state index in [0.29, 0.717) is 31.1 Å². The largest absolute Gasteiger partial charge is 0.481 e. The van der Waals surface area contributed by atoms with Gasteiger partial charge in [0, 0.05) is 32.3 Å². The van der Waals surface area contributed by atoms with Crippen molar-refractivity contribution >= 4 is 17.8 Å². The zero-order chi connectivity index (χ0) is 18.0. The summed E-state index contributed by atoms with van der Waals surface area (Å²) in [6, 6.07) is 1.55. The van der Waals surface area contributed by atoms with Crippen molar-refractivity contribution in [2.75, 3.05) is 26.7 Å². The lowest BCUT2D eigenvalue weighted by Gasteiger charge is -2.32. The molecule has 0 radical (unpaired) electrons. The van der Waals surface area contributed by atoms with E-state index in [1.165, 1.54) is 9.80 Å². The van der Waals surface area contributed by atoms with Gasteiger partial charge in [0.1, 0.15) is 11.5 Å². The molecule has 2 heterocycles. The maximum atomic E-state index is 12.5. The van der Waals surface area contributed by atoms with Crippen LogP contribution in [0.15, 0.2) is 12.3 Å². The number of hydrogen-bond donors (Lipinski definition) is 1. The molecule has 1 N–H and O–H groups in total. The van der Waals surface area contributed by atoms with Gasteiger partial charge in [-0.05, 0) is 31.7 Å². The van der Waals surface area contributed by atoms with Crippen molar-refractivity contribution in [3.8, 4) is 0 Å². The van der Waals surface area contributed by atoms with Gasteiger partial charge in [-0.3, -0.25) is 14.4 Å². The van der Waals surface area contributed by atoms with Gasteiger partial charge in [-0.2, -0.15) is 0 Å². The van der Waals surface area contributed by atoms with Crippen LogP contribution in [0.4, 0.5) is 0 Å². The summed E-state index contributed by atoms with van der Waals surface area (Å²) in [6.07, 6.45) is 4.92. The SMILES string of the molecule is CN(CC(=O)N1CCCC(C(=O)O)C1)C(=O)c1ccnc(C2CC2)n1. The van der Waals surface area contributed by atoms with Gasteiger partial charge in [0.15, 0.2) is 0 Å². The van der Waals surface area contributed by atoms with E-state index >= 15 is 0 Å². The molecule has 1 atom stereocenters. The minimum atomic E-state index is -0.879. The maximum absolute atomic E-state index is 12.5. The Morgan fingerprint density at radius 2 is 2.08 bits per heavy atom. The first-order valence-corrected chi connectivity index (χ1v) is 8.54. The van der Waals surface area contributed by atoms with E-state index < -0.39 is 11.9 Å². The molecule has 3 rings (SSSR count). The minimum Gasteiger partial charge on any atom is -0.481 e. The molecule has 1 unspecified atom stereocenters. The molecule has 8 heteroatoms. The fraction of sp³-hybridized carbons (Fsp3) is 0.588. The molecular formula is C17H22N4O4. The second kappa shape index (κ2) is 7.16. The Morgan fingerprint density at radius 3 is 2.76 bits per heavy atom. The quantitative estimate of drug-likeness (QED) is 0.844. The summed E-state index contributed by atoms with van der Waals surface area (Å²) in [4.78, 5) is 47.4. The number of carboxylic acid groups (broad SMARTS) is 1. The summed E-state index contributed by atoms with van der Waals surface area (Å²) < 4.78 is 0. The number of carboxylic acids is 1. The summed E-state index contributed by atoms with van der Waals surface area (Å²) in [5.74, 6) is -0.938. The van der Waals surface area contributed by atoms with Crippen LogP contribution in [0.5, 0.6) is 0 Å². The Balaban J connectivity index is 1.60. The van der Waals surface area contributed by atoms with Crippen molar-refractivity contribution in [1.29, 1.82) is 0 Å². The number of carbonyl (C=O) groups excluding carboxylic acids is 2. The Hall–Kier alpha value is -2.51. The number of piperidine rings is 1. The lowest BCUT2D eigenvalue weighted by atomic mass is 9.98. The van der Waals surface area contributed by atoms with Crippen LogP contribution in [0, 0.1) is 5.92 Å². The average molecular weight is 346 g/mol. The molecule has 8 nitrogen and oxygen atoms in total. The third-order valence-electron chi connectivity index (χ3n) is 4.68. The summed E-state index contributed by atoms with van der Waals surface area (Å²) in [7, 11) is 1.55. The highest BCUT2D eigenvalue weighted by atomic mass is 16.4. The highest BCUT2D eigenvalue weighted by Gasteiger charge is 2.30. The molecule has 1 saturated carbocycles. The van der Waals surface area contributed by atoms with E-state index in [-0.39, 0.29) is 30.6 Å². The third kappa shape index (κ3) is 4.12. The Labute approximate surface area is 145 Å². The van der Waals surface area contributed by atoms with Gasteiger partial charge in [-0.25, -0.2) is 9.97 Å². The van der Waals surface area contributed by atoms with Gasteiger partial charge >= 0.3 is 5.97 Å². The molecule has 2 amide bonds. The van der Waals surface area contributed by atoms with Crippen LogP contribution in [0.1, 0.15) is 47.9 Å². The topological polar surface area (TPSA) is 104 Å². The normalized spacial score (nSPS) is 20.2. The van der Waals surface area contributed by atoms with Crippen molar-refractivity contribution in [1.82, 2.24) is 19.8 Å². The van der Waals surface area contributed by atoms with Crippen LogP contribution >= 0.6 is 0 Å². The molecule has 1 aliphatic heterocycles. The lowest BCUT2D eigenvalue weighted by Crippen LogP contribution is -2.47. The van der Waals surface area contributed by atoms with Crippen molar-refractivity contribution in [2.45, 2.75) is 31.6 Å². The van der Waals surface area contributed by atoms with Crippen LogP contribution in [0.25, 0.3) is 0 Å². The zero-order valence-corrected chi connectivity index (χ0v) is 14.2. The van der Waals surface area contributed by atoms with E-state index in [9.17, 15) is 14.4 Å². The molecule has 2 aliphatic rings. The molecule has 2 fully saturated rings. The number of aromatic nitrogens is 2. The number of carbonyl (C=O) groups is 3. The molecule has 0 aromatic carbocycles. The first-order valence-electron chi connectivity index (χ1n) is 8.54. The number of amides is 2. The van der Waals surface area contributed by atoms with Gasteiger partial charge in [-0.1, -0.05) is 0 Å². The molecule has 1 aromatic rings. The number of likely N-dealkylation sites (tertiary alicyclic amines) is 1. The summed E-state index contributed by atoms with van der Waals surface area (Å²) in [6.45, 7) is 0.646. The van der Waals surface area contributed by atoms with Crippen LogP contribution in [0.2, 0.25) is 0 Å². The van der Waals surface area contributed by atoms with Crippen molar-refractivity contribution in [3.63, 3.8) is 0 Å². The van der Waals surface area contributed by atoms with Crippen LogP contribution in [0.3, 0.4) is 0 Å². The number of hydrogen-bond acceptors (Lipinski definition) is 5. The Bertz CT molecular complexity index is 689. The van der Waals surface area contributed by atoms with Crippen molar-refractivity contribution in [3.05, 3.63) is 23.8 Å². The van der Waals surface area contributed by atoms with E-state index in [4.69, 9.17) is 5.11 Å². The Kier molecular flexibility index (Phi) is 4.96. The highest BCUT2D eigenvalue weighted by Crippen LogP contribution is 2.37. The summed E-state index contributed by atoms with van der Waals surface area (Å²) in [5.41, 5.74) is 0.286. The molecule has 25 heavy (non-hydrogen) atoms. The molecule has 1 aromatic heterocycles. The highest BCUT2D eigenvalue weighted by molar-refractivity contribution is 5.94. The molecule has 134 valence electrons. The van der Waals surface area contributed by atoms with Gasteiger partial charge in [-0.15, -0.1) is 0 Å². The molecule has 0 spiro atoms. The molecule has 1 aliphatic carbocycles. The predicted octanol–water partition coefficient (Wildman–Crippen LogP) is 0.749. The van der Waals surface area contributed by atoms with Crippen LogP contribution in [-0.2, 0) is 9.59 Å². The third-order valence-corrected chi connectivity index (χ3v) is 4.68. The fourth-order valence-corrected chi connectivity index (χ4v) is 3.01. The van der Waals surface area contributed by atoms with E-state index in [1.54, 1.807) is 19.3 Å². The first-order chi connectivity index (χ1) is 12.0. The van der Waals surface area contributed by atoms with E-state index in [0.717, 1.165) is 12.8 Å². The second-order valence-corrected chi connectivity index (χ2v) is 6.75. The number of likely N-dealkylation sites (N-methyl/N-ethyl adjacent to an activating group) is 1. The van der Waals surface area contributed by atoms with Gasteiger partial charge in [0.25, 0.3) is 5.91 Å². The number of nitrogens with zero attached hydrogens (tertiary/aromatic N) is 4. The van der Waals surface area contributed by atoms with Crippen LogP contribution < -0.4 is 0 Å². The monoisotopic (exact) mass is 346 g/mol. The average Bonchev–Trinajstić information content (AvgIpc) is 3.46. The predicted molar refractivity (Wildman–Crippen MR) is 87.9 cm³/mol. The molecule has 0 bridgehead atoms. The summed E-state index contributed by atoms with van der Waals surface area (Å²) in [5, 5.41) is 9.12. The van der Waals surface area contributed by atoms with E-state index in [1.807, 2.05) is 0 Å². The van der Waals surface area contributed by atoms with Crippen molar-refractivity contribution < 1.29 is 19.5 Å². The van der Waals surface area contributed by atoms with E-state index in [2.05, 4.69) is 9.97 Å². The lowest BCUT2D eigenvalue weighted by molar-refractivity contribution is -0.145. The van der Waals surface area contributed by atoms with Crippen molar-refractivity contribution in [2.24, 2.45) is 5.92 Å². The number of rotatable bonds is 5. The Morgan fingerprint density at radius 1 is 1.32 bits per heavy atom. The minimum absolute atomic E-state index is 0.0893. The maximum Gasteiger partial charge on any atom is 0.308 e. The van der Waals surface area contributed by atoms with Gasteiger partial charge < -0.3 is 14.9 Å².